The predicted molar refractivity (Wildman–Crippen MR) is 244 cm³/mol. The maximum Gasteiger partial charge on any atom is 0.0546 e. The molecular weight excluding hydrogens is 663 g/mol. The monoisotopic (exact) mass is 721 g/mol. The van der Waals surface area contributed by atoms with Gasteiger partial charge in [0, 0.05) is 22.7 Å². The molecular formula is C54H59N. The standard InChI is InChI=1S/C37H35N.C15H18.C2H6/c1-24-11-16-28(17-12-24)38(29-18-13-25(2)14-19-29)36-23-35-31-20-15-27(37(4,5)6)22-33(31)26(3)21-34(35)30-9-7-8-10-32(30)36;1-11-5-8-14(9-6-11)15-10-12(2)4-7-13(15)3;1-2/h7-23H,1-6H3;4-10,13,15H,1-3H3;1-2H3. The molecule has 0 spiro atoms. The van der Waals surface area contributed by atoms with Crippen molar-refractivity contribution in [2.45, 2.75) is 87.5 Å². The molecule has 2 unspecified atom stereocenters. The number of anilines is 3. The number of aryl methyl sites for hydroxylation is 4. The first kappa shape index (κ1) is 39.3. The summed E-state index contributed by atoms with van der Waals surface area (Å²) in [6, 6.07) is 47.3. The molecule has 2 atom stereocenters. The second kappa shape index (κ2) is 16.5. The van der Waals surface area contributed by atoms with Gasteiger partial charge >= 0.3 is 0 Å². The third-order valence-electron chi connectivity index (χ3n) is 11.0. The minimum atomic E-state index is 0.109. The Bertz CT molecular complexity index is 2420. The first-order valence-electron chi connectivity index (χ1n) is 20.1. The zero-order valence-electron chi connectivity index (χ0n) is 35.0. The quantitative estimate of drug-likeness (QED) is 0.164. The number of rotatable bonds is 4. The van der Waals surface area contributed by atoms with Crippen LogP contribution in [0.3, 0.4) is 0 Å². The number of fused-ring (bicyclic) bond motifs is 5. The molecule has 1 aliphatic rings. The van der Waals surface area contributed by atoms with Gasteiger partial charge in [0.25, 0.3) is 0 Å². The summed E-state index contributed by atoms with van der Waals surface area (Å²) in [4.78, 5) is 2.41. The van der Waals surface area contributed by atoms with E-state index in [0.717, 1.165) is 11.4 Å². The summed E-state index contributed by atoms with van der Waals surface area (Å²) in [6.07, 6.45) is 6.89. The lowest BCUT2D eigenvalue weighted by Gasteiger charge is -2.28. The van der Waals surface area contributed by atoms with Gasteiger partial charge in [-0.2, -0.15) is 0 Å². The smallest absolute Gasteiger partial charge is 0.0546 e. The van der Waals surface area contributed by atoms with Crippen molar-refractivity contribution in [3.8, 4) is 0 Å². The van der Waals surface area contributed by atoms with E-state index < -0.39 is 0 Å². The lowest BCUT2D eigenvalue weighted by atomic mass is 9.82. The summed E-state index contributed by atoms with van der Waals surface area (Å²) < 4.78 is 0. The molecule has 7 aromatic carbocycles. The van der Waals surface area contributed by atoms with Gasteiger partial charge in [-0.1, -0.05) is 179 Å². The normalized spacial score (nSPS) is 15.2. The molecule has 0 bridgehead atoms. The van der Waals surface area contributed by atoms with E-state index in [-0.39, 0.29) is 5.41 Å². The van der Waals surface area contributed by atoms with Crippen LogP contribution >= 0.6 is 0 Å². The summed E-state index contributed by atoms with van der Waals surface area (Å²) in [5.74, 6) is 1.16. The average molecular weight is 722 g/mol. The van der Waals surface area contributed by atoms with Crippen LogP contribution in [0.1, 0.15) is 87.8 Å². The Balaban J connectivity index is 0.000000253. The van der Waals surface area contributed by atoms with Crippen molar-refractivity contribution in [3.63, 3.8) is 0 Å². The molecule has 0 amide bonds. The minimum Gasteiger partial charge on any atom is -0.310 e. The SMILES string of the molecule is CC.CC1=CC(c2ccc(C)cc2)C(C)C=C1.Cc1ccc(N(c2ccc(C)cc2)c2cc3c4ccc(C(C)(C)C)cc4c(C)cc3c3ccccc23)cc1. The Morgan fingerprint density at radius 1 is 0.509 bits per heavy atom. The minimum absolute atomic E-state index is 0.109. The van der Waals surface area contributed by atoms with Crippen molar-refractivity contribution in [1.29, 1.82) is 0 Å². The third kappa shape index (κ3) is 8.47. The summed E-state index contributed by atoms with van der Waals surface area (Å²) >= 11 is 0. The highest BCUT2D eigenvalue weighted by molar-refractivity contribution is 6.22. The van der Waals surface area contributed by atoms with Gasteiger partial charge in [0.2, 0.25) is 0 Å². The van der Waals surface area contributed by atoms with E-state index in [2.05, 4.69) is 213 Å². The Hall–Kier alpha value is -5.40. The van der Waals surface area contributed by atoms with E-state index in [1.54, 1.807) is 0 Å². The summed E-state index contributed by atoms with van der Waals surface area (Å²) in [7, 11) is 0. The second-order valence-electron chi connectivity index (χ2n) is 16.3. The molecule has 8 rings (SSSR count). The number of benzene rings is 7. The predicted octanol–water partition coefficient (Wildman–Crippen LogP) is 16.1. The summed E-state index contributed by atoms with van der Waals surface area (Å²) in [6.45, 7) is 24.0. The Labute approximate surface area is 331 Å². The van der Waals surface area contributed by atoms with Crippen LogP contribution in [0.4, 0.5) is 17.1 Å². The van der Waals surface area contributed by atoms with E-state index in [4.69, 9.17) is 0 Å². The molecule has 0 N–H and O–H groups in total. The molecule has 55 heavy (non-hydrogen) atoms. The lowest BCUT2D eigenvalue weighted by Crippen LogP contribution is -2.11. The molecule has 1 aliphatic carbocycles. The van der Waals surface area contributed by atoms with Gasteiger partial charge in [0.15, 0.2) is 0 Å². The molecule has 7 aromatic rings. The number of hydrogen-bond acceptors (Lipinski definition) is 1. The van der Waals surface area contributed by atoms with Crippen LogP contribution in [-0.2, 0) is 5.41 Å². The van der Waals surface area contributed by atoms with Crippen molar-refractivity contribution in [2.24, 2.45) is 5.92 Å². The van der Waals surface area contributed by atoms with Gasteiger partial charge in [-0.15, -0.1) is 0 Å². The zero-order valence-corrected chi connectivity index (χ0v) is 35.0. The van der Waals surface area contributed by atoms with Gasteiger partial charge in [-0.05, 0) is 120 Å². The number of nitrogens with zero attached hydrogens (tertiary/aromatic N) is 1. The molecule has 0 saturated heterocycles. The van der Waals surface area contributed by atoms with Gasteiger partial charge in [-0.25, -0.2) is 0 Å². The van der Waals surface area contributed by atoms with Crippen LogP contribution < -0.4 is 4.90 Å². The molecule has 0 aromatic heterocycles. The van der Waals surface area contributed by atoms with Crippen molar-refractivity contribution in [2.75, 3.05) is 4.90 Å². The molecule has 0 saturated carbocycles. The second-order valence-corrected chi connectivity index (χ2v) is 16.3. The Morgan fingerprint density at radius 2 is 1.02 bits per heavy atom. The van der Waals surface area contributed by atoms with Crippen molar-refractivity contribution in [1.82, 2.24) is 0 Å². The molecule has 1 heteroatoms. The van der Waals surface area contributed by atoms with Crippen LogP contribution in [0, 0.1) is 33.6 Å². The molecule has 0 aliphatic heterocycles. The van der Waals surface area contributed by atoms with E-state index in [0.29, 0.717) is 11.8 Å². The highest BCUT2D eigenvalue weighted by Crippen LogP contribution is 2.44. The van der Waals surface area contributed by atoms with E-state index in [9.17, 15) is 0 Å². The van der Waals surface area contributed by atoms with Crippen LogP contribution in [0.5, 0.6) is 0 Å². The van der Waals surface area contributed by atoms with Gasteiger partial charge < -0.3 is 4.90 Å². The molecule has 0 fully saturated rings. The first-order valence-corrected chi connectivity index (χ1v) is 20.1. The molecule has 280 valence electrons. The fourth-order valence-corrected chi connectivity index (χ4v) is 7.73. The van der Waals surface area contributed by atoms with Crippen molar-refractivity contribution >= 4 is 49.4 Å². The summed E-state index contributed by atoms with van der Waals surface area (Å²) in [5.41, 5.74) is 13.0. The molecule has 0 radical (unpaired) electrons. The zero-order chi connectivity index (χ0) is 39.4. The fraction of sp³-hybridized carbons (Fsp3) is 0.259. The van der Waals surface area contributed by atoms with Gasteiger partial charge in [-0.3, -0.25) is 0 Å². The van der Waals surface area contributed by atoms with E-state index in [1.165, 1.54) is 77.0 Å². The average Bonchev–Trinajstić information content (AvgIpc) is 3.18. The Morgan fingerprint density at radius 3 is 1.58 bits per heavy atom. The number of allylic oxidation sites excluding steroid dienone is 4. The highest BCUT2D eigenvalue weighted by Gasteiger charge is 2.21. The van der Waals surface area contributed by atoms with Crippen LogP contribution in [0.15, 0.2) is 151 Å². The van der Waals surface area contributed by atoms with E-state index >= 15 is 0 Å². The first-order chi connectivity index (χ1) is 26.4. The van der Waals surface area contributed by atoms with Crippen LogP contribution in [0.25, 0.3) is 32.3 Å². The van der Waals surface area contributed by atoms with Crippen LogP contribution in [0.2, 0.25) is 0 Å². The summed E-state index contributed by atoms with van der Waals surface area (Å²) in [5, 5.41) is 7.80. The van der Waals surface area contributed by atoms with Crippen LogP contribution in [-0.4, -0.2) is 0 Å². The van der Waals surface area contributed by atoms with Crippen molar-refractivity contribution in [3.05, 3.63) is 185 Å². The van der Waals surface area contributed by atoms with Gasteiger partial charge in [0.1, 0.15) is 0 Å². The fourth-order valence-electron chi connectivity index (χ4n) is 7.73. The van der Waals surface area contributed by atoms with Gasteiger partial charge in [0.05, 0.1) is 5.69 Å². The molecule has 1 nitrogen and oxygen atoms in total. The maximum atomic E-state index is 2.41. The maximum absolute atomic E-state index is 2.41. The highest BCUT2D eigenvalue weighted by atomic mass is 15.1. The molecule has 0 heterocycles. The Kier molecular flexibility index (Phi) is 11.8. The topological polar surface area (TPSA) is 3.24 Å². The lowest BCUT2D eigenvalue weighted by molar-refractivity contribution is 0.591. The van der Waals surface area contributed by atoms with Crippen molar-refractivity contribution < 1.29 is 0 Å². The largest absolute Gasteiger partial charge is 0.310 e. The van der Waals surface area contributed by atoms with E-state index in [1.807, 2.05) is 13.8 Å². The number of hydrogen-bond donors (Lipinski definition) is 0. The third-order valence-corrected chi connectivity index (χ3v) is 11.0.